The van der Waals surface area contributed by atoms with E-state index >= 15 is 0 Å². The van der Waals surface area contributed by atoms with Crippen molar-refractivity contribution in [3.63, 3.8) is 0 Å². The van der Waals surface area contributed by atoms with Crippen LogP contribution in [-0.2, 0) is 6.54 Å². The Morgan fingerprint density at radius 3 is 2.25 bits per heavy atom. The maximum atomic E-state index is 8.76. The molecule has 0 spiro atoms. The van der Waals surface area contributed by atoms with Gasteiger partial charge in [-0.25, -0.2) is 0 Å². The van der Waals surface area contributed by atoms with Crippen LogP contribution in [0.25, 0.3) is 10.2 Å². The minimum absolute atomic E-state index is 0.329. The third kappa shape index (κ3) is 3.36. The van der Waals surface area contributed by atoms with E-state index in [-0.39, 0.29) is 0 Å². The number of fused-ring (bicyclic) bond motifs is 1. The lowest BCUT2D eigenvalue weighted by molar-refractivity contribution is -0.669. The molecule has 0 saturated heterocycles. The van der Waals surface area contributed by atoms with Crippen LogP contribution in [0.1, 0.15) is 17.5 Å². The first kappa shape index (κ1) is 14.5. The maximum Gasteiger partial charge on any atom is 0.235 e. The second-order valence-electron chi connectivity index (χ2n) is 4.67. The second kappa shape index (κ2) is 6.53. The highest BCUT2D eigenvalue weighted by Crippen LogP contribution is 2.18. The fourth-order valence-electron chi connectivity index (χ4n) is 2.09. The number of aromatic nitrogens is 1. The number of aromatic hydroxyl groups is 1. The predicted octanol–water partition coefficient (Wildman–Crippen LogP) is 4.22. The molecule has 0 aliphatic heterocycles. The van der Waals surface area contributed by atoms with E-state index in [4.69, 9.17) is 5.11 Å². The van der Waals surface area contributed by atoms with Gasteiger partial charge in [0, 0.05) is 13.0 Å². The van der Waals surface area contributed by atoms with Gasteiger partial charge in [-0.2, -0.15) is 4.57 Å². The topological polar surface area (TPSA) is 24.1 Å². The molecule has 2 nitrogen and oxygen atoms in total. The number of phenolic OH excluding ortho intramolecular Hbond substituents is 1. The summed E-state index contributed by atoms with van der Waals surface area (Å²) in [6, 6.07) is 15.6. The molecule has 0 unspecified atom stereocenters. The monoisotopic (exact) mass is 286 g/mol. The van der Waals surface area contributed by atoms with Crippen LogP contribution in [0.5, 0.6) is 5.75 Å². The van der Waals surface area contributed by atoms with Crippen LogP contribution in [0, 0.1) is 13.8 Å². The Kier molecular flexibility index (Phi) is 4.74. The third-order valence-corrected chi connectivity index (χ3v) is 4.22. The number of aryl methyl sites for hydroxylation is 3. The number of phenols is 1. The highest BCUT2D eigenvalue weighted by atomic mass is 32.1. The summed E-state index contributed by atoms with van der Waals surface area (Å²) in [5.74, 6) is 0.329. The van der Waals surface area contributed by atoms with Crippen LogP contribution in [0.15, 0.2) is 48.5 Å². The number of rotatable bonds is 1. The van der Waals surface area contributed by atoms with E-state index < -0.39 is 0 Å². The van der Waals surface area contributed by atoms with Crippen molar-refractivity contribution >= 4 is 21.6 Å². The Bertz CT molecular complexity index is 665. The molecule has 0 saturated carbocycles. The summed E-state index contributed by atoms with van der Waals surface area (Å²) in [6.07, 6.45) is 0. The second-order valence-corrected chi connectivity index (χ2v) is 5.90. The first-order valence-electron chi connectivity index (χ1n) is 6.75. The zero-order valence-corrected chi connectivity index (χ0v) is 12.9. The lowest BCUT2D eigenvalue weighted by atomic mass is 10.2. The average molecular weight is 286 g/mol. The van der Waals surface area contributed by atoms with Gasteiger partial charge in [-0.15, -0.1) is 0 Å². The summed E-state index contributed by atoms with van der Waals surface area (Å²) >= 11 is 1.87. The van der Waals surface area contributed by atoms with Gasteiger partial charge >= 0.3 is 0 Å². The molecule has 0 aliphatic carbocycles. The molecule has 3 rings (SSSR count). The molecule has 0 fully saturated rings. The molecule has 0 bridgehead atoms. The standard InChI is InChI=1S/C10H12NS.C7H8O/c1-3-11-8(2)12-10-7-5-4-6-9(10)11;1-6-2-4-7(8)5-3-6/h4-7H,3H2,1-2H3;2-5,8H,1H3/q+1;. The maximum absolute atomic E-state index is 8.76. The van der Waals surface area contributed by atoms with Gasteiger partial charge in [-0.3, -0.25) is 0 Å². The Morgan fingerprint density at radius 2 is 1.65 bits per heavy atom. The molecule has 1 N–H and O–H groups in total. The van der Waals surface area contributed by atoms with Crippen molar-refractivity contribution in [3.8, 4) is 5.75 Å². The van der Waals surface area contributed by atoms with Crippen molar-refractivity contribution in [3.05, 3.63) is 59.1 Å². The number of nitrogens with zero attached hydrogens (tertiary/aromatic N) is 1. The van der Waals surface area contributed by atoms with Gasteiger partial charge in [0.25, 0.3) is 0 Å². The van der Waals surface area contributed by atoms with E-state index in [1.54, 1.807) is 12.1 Å². The van der Waals surface area contributed by atoms with Gasteiger partial charge in [0.05, 0.1) is 0 Å². The molecule has 104 valence electrons. The summed E-state index contributed by atoms with van der Waals surface area (Å²) in [6.45, 7) is 7.41. The predicted molar refractivity (Wildman–Crippen MR) is 85.3 cm³/mol. The normalized spacial score (nSPS) is 10.2. The third-order valence-electron chi connectivity index (χ3n) is 3.14. The van der Waals surface area contributed by atoms with Crippen LogP contribution in [0.4, 0.5) is 0 Å². The zero-order chi connectivity index (χ0) is 14.5. The molecule has 3 aromatic rings. The molecule has 0 aliphatic rings. The highest BCUT2D eigenvalue weighted by molar-refractivity contribution is 7.18. The Balaban J connectivity index is 0.000000160. The van der Waals surface area contributed by atoms with Gasteiger partial charge in [0.2, 0.25) is 10.5 Å². The number of hydrogen-bond acceptors (Lipinski definition) is 2. The fraction of sp³-hybridized carbons (Fsp3) is 0.235. The van der Waals surface area contributed by atoms with E-state index in [2.05, 4.69) is 42.7 Å². The van der Waals surface area contributed by atoms with Gasteiger partial charge < -0.3 is 5.11 Å². The van der Waals surface area contributed by atoms with Crippen molar-refractivity contribution in [2.75, 3.05) is 0 Å². The van der Waals surface area contributed by atoms with Crippen LogP contribution >= 0.6 is 11.3 Å². The fourth-order valence-corrected chi connectivity index (χ4v) is 3.17. The summed E-state index contributed by atoms with van der Waals surface area (Å²) in [7, 11) is 0. The lowest BCUT2D eigenvalue weighted by Crippen LogP contribution is -2.33. The summed E-state index contributed by atoms with van der Waals surface area (Å²) in [5, 5.41) is 10.1. The average Bonchev–Trinajstić information content (AvgIpc) is 2.78. The van der Waals surface area contributed by atoms with E-state index in [0.29, 0.717) is 5.75 Å². The molecule has 0 radical (unpaired) electrons. The minimum Gasteiger partial charge on any atom is -0.508 e. The summed E-state index contributed by atoms with van der Waals surface area (Å²) < 4.78 is 3.73. The van der Waals surface area contributed by atoms with Crippen molar-refractivity contribution < 1.29 is 9.67 Å². The van der Waals surface area contributed by atoms with Crippen LogP contribution in [0.3, 0.4) is 0 Å². The van der Waals surface area contributed by atoms with Crippen molar-refractivity contribution in [2.24, 2.45) is 0 Å². The van der Waals surface area contributed by atoms with Crippen LogP contribution in [-0.4, -0.2) is 5.11 Å². The highest BCUT2D eigenvalue weighted by Gasteiger charge is 2.13. The molecule has 1 heterocycles. The first-order valence-corrected chi connectivity index (χ1v) is 7.57. The van der Waals surface area contributed by atoms with Gasteiger partial charge in [-0.1, -0.05) is 41.2 Å². The molecular weight excluding hydrogens is 266 g/mol. The van der Waals surface area contributed by atoms with Crippen molar-refractivity contribution in [1.82, 2.24) is 0 Å². The first-order chi connectivity index (χ1) is 9.61. The molecule has 2 aromatic carbocycles. The minimum atomic E-state index is 0.329. The molecule has 3 heteroatoms. The Labute approximate surface area is 123 Å². The van der Waals surface area contributed by atoms with Gasteiger partial charge in [-0.05, 0) is 32.0 Å². The quantitative estimate of drug-likeness (QED) is 0.665. The molecule has 1 aromatic heterocycles. The molecule has 0 atom stereocenters. The number of para-hydroxylation sites is 1. The summed E-state index contributed by atoms with van der Waals surface area (Å²) in [4.78, 5) is 0. The lowest BCUT2D eigenvalue weighted by Gasteiger charge is -1.89. The van der Waals surface area contributed by atoms with E-state index in [1.807, 2.05) is 30.4 Å². The number of hydrogen-bond donors (Lipinski definition) is 1. The number of benzene rings is 2. The van der Waals surface area contributed by atoms with Crippen LogP contribution < -0.4 is 4.57 Å². The van der Waals surface area contributed by atoms with Crippen molar-refractivity contribution in [2.45, 2.75) is 27.3 Å². The Morgan fingerprint density at radius 1 is 1.00 bits per heavy atom. The smallest absolute Gasteiger partial charge is 0.235 e. The van der Waals surface area contributed by atoms with Crippen LogP contribution in [0.2, 0.25) is 0 Å². The zero-order valence-electron chi connectivity index (χ0n) is 12.1. The van der Waals surface area contributed by atoms with Crippen molar-refractivity contribution in [1.29, 1.82) is 0 Å². The largest absolute Gasteiger partial charge is 0.508 e. The summed E-state index contributed by atoms with van der Waals surface area (Å²) in [5.41, 5.74) is 2.53. The molecule has 20 heavy (non-hydrogen) atoms. The van der Waals surface area contributed by atoms with Gasteiger partial charge in [0.1, 0.15) is 17.0 Å². The van der Waals surface area contributed by atoms with E-state index in [0.717, 1.165) is 6.54 Å². The van der Waals surface area contributed by atoms with E-state index in [1.165, 1.54) is 20.8 Å². The Hall–Kier alpha value is -1.87. The van der Waals surface area contributed by atoms with Gasteiger partial charge in [0.15, 0.2) is 0 Å². The molecule has 0 amide bonds. The van der Waals surface area contributed by atoms with E-state index in [9.17, 15) is 0 Å². The number of thiazole rings is 1. The molecular formula is C17H20NOS+. The SMILES string of the molecule is CC[n+]1c(C)sc2ccccc21.Cc1ccc(O)cc1.